The molecule has 60 valence electrons. The minimum atomic E-state index is -0.276. The second kappa shape index (κ2) is 2.45. The fraction of sp³-hybridized carbons (Fsp3) is 0.667. The molecule has 2 aliphatic carbocycles. The zero-order chi connectivity index (χ0) is 7.84. The van der Waals surface area contributed by atoms with Gasteiger partial charge in [-0.1, -0.05) is 12.2 Å². The van der Waals surface area contributed by atoms with Gasteiger partial charge in [0.2, 0.25) is 0 Å². The fourth-order valence-electron chi connectivity index (χ4n) is 2.27. The molecule has 0 amide bonds. The van der Waals surface area contributed by atoms with Gasteiger partial charge < -0.3 is 5.11 Å². The number of aliphatic hydroxyl groups excluding tert-OH is 1. The summed E-state index contributed by atoms with van der Waals surface area (Å²) < 4.78 is 0. The average molecular weight is 152 g/mol. The number of rotatable bonds is 2. The molecule has 2 heteroatoms. The van der Waals surface area contributed by atoms with Crippen LogP contribution >= 0.6 is 0 Å². The number of ketones is 1. The van der Waals surface area contributed by atoms with Crippen molar-refractivity contribution in [2.45, 2.75) is 12.8 Å². The van der Waals surface area contributed by atoms with Crippen LogP contribution in [0.1, 0.15) is 12.8 Å². The third kappa shape index (κ3) is 1.02. The van der Waals surface area contributed by atoms with Crippen molar-refractivity contribution in [3.05, 3.63) is 12.2 Å². The molecule has 0 aromatic carbocycles. The average Bonchev–Trinajstić information content (AvgIpc) is 2.62. The van der Waals surface area contributed by atoms with Crippen molar-refractivity contribution in [3.63, 3.8) is 0 Å². The highest BCUT2D eigenvalue weighted by molar-refractivity contribution is 5.83. The third-order valence-electron chi connectivity index (χ3n) is 2.85. The van der Waals surface area contributed by atoms with Crippen LogP contribution in [0.2, 0.25) is 0 Å². The van der Waals surface area contributed by atoms with Gasteiger partial charge in [0.1, 0.15) is 6.61 Å². The quantitative estimate of drug-likeness (QED) is 0.593. The molecule has 0 aliphatic heterocycles. The molecule has 1 N–H and O–H groups in total. The molecular weight excluding hydrogens is 140 g/mol. The summed E-state index contributed by atoms with van der Waals surface area (Å²) in [6, 6.07) is 0. The minimum absolute atomic E-state index is 0.0295. The van der Waals surface area contributed by atoms with Crippen LogP contribution in [-0.4, -0.2) is 17.5 Å². The van der Waals surface area contributed by atoms with Crippen LogP contribution in [0.15, 0.2) is 12.2 Å². The molecule has 0 unspecified atom stereocenters. The molecule has 0 radical (unpaired) electrons. The molecule has 2 aliphatic rings. The first-order chi connectivity index (χ1) is 5.31. The lowest BCUT2D eigenvalue weighted by atomic mass is 9.90. The monoisotopic (exact) mass is 152 g/mol. The van der Waals surface area contributed by atoms with E-state index in [2.05, 4.69) is 12.2 Å². The number of hydrogen-bond acceptors (Lipinski definition) is 2. The van der Waals surface area contributed by atoms with E-state index in [1.54, 1.807) is 0 Å². The van der Waals surface area contributed by atoms with Crippen LogP contribution in [-0.2, 0) is 4.79 Å². The Balaban J connectivity index is 2.08. The van der Waals surface area contributed by atoms with Crippen molar-refractivity contribution in [3.8, 4) is 0 Å². The number of fused-ring (bicyclic) bond motifs is 2. The van der Waals surface area contributed by atoms with Crippen molar-refractivity contribution in [2.75, 3.05) is 6.61 Å². The SMILES string of the molecule is O=C(CO)[C@@H]1C[C@H]2C=C[C@H]1C2. The lowest BCUT2D eigenvalue weighted by Gasteiger charge is -2.14. The van der Waals surface area contributed by atoms with E-state index >= 15 is 0 Å². The number of allylic oxidation sites excluding steroid dienone is 2. The van der Waals surface area contributed by atoms with E-state index in [0.29, 0.717) is 11.8 Å². The largest absolute Gasteiger partial charge is 0.389 e. The van der Waals surface area contributed by atoms with E-state index in [1.165, 1.54) is 0 Å². The Kier molecular flexibility index (Phi) is 1.57. The molecule has 11 heavy (non-hydrogen) atoms. The van der Waals surface area contributed by atoms with Gasteiger partial charge in [0.25, 0.3) is 0 Å². The molecule has 3 atom stereocenters. The third-order valence-corrected chi connectivity index (χ3v) is 2.85. The van der Waals surface area contributed by atoms with Gasteiger partial charge in [-0.25, -0.2) is 0 Å². The molecular formula is C9H12O2. The highest BCUT2D eigenvalue weighted by atomic mass is 16.3. The smallest absolute Gasteiger partial charge is 0.161 e. The number of carbonyl (C=O) groups is 1. The van der Waals surface area contributed by atoms with Gasteiger partial charge in [0.05, 0.1) is 0 Å². The molecule has 1 fully saturated rings. The van der Waals surface area contributed by atoms with Crippen molar-refractivity contribution >= 4 is 5.78 Å². The first-order valence-electron chi connectivity index (χ1n) is 4.13. The predicted octanol–water partition coefficient (Wildman–Crippen LogP) is 0.760. The van der Waals surface area contributed by atoms with Crippen molar-refractivity contribution in [1.82, 2.24) is 0 Å². The van der Waals surface area contributed by atoms with Gasteiger partial charge in [-0.2, -0.15) is 0 Å². The van der Waals surface area contributed by atoms with E-state index in [4.69, 9.17) is 5.11 Å². The molecule has 2 rings (SSSR count). The van der Waals surface area contributed by atoms with Crippen molar-refractivity contribution in [2.24, 2.45) is 17.8 Å². The molecule has 0 heterocycles. The van der Waals surface area contributed by atoms with Gasteiger partial charge in [0, 0.05) is 5.92 Å². The highest BCUT2D eigenvalue weighted by Gasteiger charge is 2.38. The molecule has 1 saturated carbocycles. The number of Topliss-reactive ketones (excluding diaryl/α,β-unsaturated/α-hetero) is 1. The summed E-state index contributed by atoms with van der Waals surface area (Å²) in [4.78, 5) is 11.1. The van der Waals surface area contributed by atoms with Crippen LogP contribution < -0.4 is 0 Å². The zero-order valence-electron chi connectivity index (χ0n) is 6.36. The number of hydrogen-bond donors (Lipinski definition) is 1. The van der Waals surface area contributed by atoms with Crippen LogP contribution in [0.3, 0.4) is 0 Å². The van der Waals surface area contributed by atoms with E-state index in [1.807, 2.05) is 0 Å². The zero-order valence-corrected chi connectivity index (χ0v) is 6.36. The summed E-state index contributed by atoms with van der Waals surface area (Å²) in [5.74, 6) is 1.23. The van der Waals surface area contributed by atoms with Gasteiger partial charge in [-0.05, 0) is 24.7 Å². The van der Waals surface area contributed by atoms with Gasteiger partial charge in [-0.15, -0.1) is 0 Å². The normalized spacial score (nSPS) is 39.9. The number of aliphatic hydroxyl groups is 1. The predicted molar refractivity (Wildman–Crippen MR) is 40.9 cm³/mol. The van der Waals surface area contributed by atoms with Gasteiger partial charge >= 0.3 is 0 Å². The van der Waals surface area contributed by atoms with Gasteiger partial charge in [0.15, 0.2) is 5.78 Å². The van der Waals surface area contributed by atoms with Crippen molar-refractivity contribution in [1.29, 1.82) is 0 Å². The van der Waals surface area contributed by atoms with E-state index in [-0.39, 0.29) is 18.3 Å². The molecule has 0 aromatic heterocycles. The van der Waals surface area contributed by atoms with Crippen LogP contribution in [0, 0.1) is 17.8 Å². The van der Waals surface area contributed by atoms with E-state index < -0.39 is 0 Å². The first-order valence-corrected chi connectivity index (χ1v) is 4.13. The molecule has 2 nitrogen and oxygen atoms in total. The summed E-state index contributed by atoms with van der Waals surface area (Å²) >= 11 is 0. The minimum Gasteiger partial charge on any atom is -0.389 e. The van der Waals surface area contributed by atoms with E-state index in [9.17, 15) is 4.79 Å². The lowest BCUT2D eigenvalue weighted by Crippen LogP contribution is -2.21. The van der Waals surface area contributed by atoms with Crippen LogP contribution in [0.5, 0.6) is 0 Å². The summed E-state index contributed by atoms with van der Waals surface area (Å²) in [6.45, 7) is -0.276. The molecule has 0 aromatic rings. The van der Waals surface area contributed by atoms with Crippen molar-refractivity contribution < 1.29 is 9.90 Å². The Morgan fingerprint density at radius 2 is 2.27 bits per heavy atom. The van der Waals surface area contributed by atoms with Gasteiger partial charge in [-0.3, -0.25) is 4.79 Å². The fourth-order valence-corrected chi connectivity index (χ4v) is 2.27. The second-order valence-electron chi connectivity index (χ2n) is 3.51. The molecule has 0 saturated heterocycles. The maximum absolute atomic E-state index is 11.1. The van der Waals surface area contributed by atoms with Crippen LogP contribution in [0.25, 0.3) is 0 Å². The summed E-state index contributed by atoms with van der Waals surface area (Å²) in [5, 5.41) is 8.65. The Morgan fingerprint density at radius 1 is 1.45 bits per heavy atom. The Morgan fingerprint density at radius 3 is 2.73 bits per heavy atom. The first kappa shape index (κ1) is 7.04. The second-order valence-corrected chi connectivity index (χ2v) is 3.51. The standard InChI is InChI=1S/C9H12O2/c10-5-9(11)8-4-6-1-2-7(8)3-6/h1-2,6-8,10H,3-5H2/t6-,7-,8+/m0/s1. The Hall–Kier alpha value is -0.630. The highest BCUT2D eigenvalue weighted by Crippen LogP contribution is 2.43. The maximum atomic E-state index is 11.1. The van der Waals surface area contributed by atoms with E-state index in [0.717, 1.165) is 12.8 Å². The summed E-state index contributed by atoms with van der Waals surface area (Å²) in [5.41, 5.74) is 0. The Bertz CT molecular complexity index is 208. The van der Waals surface area contributed by atoms with Crippen LogP contribution in [0.4, 0.5) is 0 Å². The molecule has 2 bridgehead atoms. The Labute approximate surface area is 65.9 Å². The molecule has 0 spiro atoms. The summed E-state index contributed by atoms with van der Waals surface area (Å²) in [7, 11) is 0. The summed E-state index contributed by atoms with van der Waals surface area (Å²) in [6.07, 6.45) is 6.44. The maximum Gasteiger partial charge on any atom is 0.161 e. The lowest BCUT2D eigenvalue weighted by molar-refractivity contribution is -0.126. The topological polar surface area (TPSA) is 37.3 Å². The number of carbonyl (C=O) groups excluding carboxylic acids is 1.